The Bertz CT molecular complexity index is 868. The summed E-state index contributed by atoms with van der Waals surface area (Å²) >= 11 is 1.44. The summed E-state index contributed by atoms with van der Waals surface area (Å²) < 4.78 is 13.9. The van der Waals surface area contributed by atoms with Crippen molar-refractivity contribution in [3.05, 3.63) is 54.3 Å². The van der Waals surface area contributed by atoms with Crippen LogP contribution in [0.15, 0.2) is 53.4 Å². The second-order valence-electron chi connectivity index (χ2n) is 6.62. The minimum Gasteiger partial charge on any atom is -0.366 e. The van der Waals surface area contributed by atoms with E-state index in [9.17, 15) is 14.0 Å². The van der Waals surface area contributed by atoms with E-state index < -0.39 is 5.25 Å². The summed E-state index contributed by atoms with van der Waals surface area (Å²) in [5, 5.41) is 2.45. The van der Waals surface area contributed by atoms with E-state index in [1.165, 1.54) is 17.8 Å². The van der Waals surface area contributed by atoms with E-state index in [-0.39, 0.29) is 24.1 Å². The lowest BCUT2D eigenvalue weighted by molar-refractivity contribution is -0.132. The summed E-state index contributed by atoms with van der Waals surface area (Å²) in [4.78, 5) is 29.7. The Balaban J connectivity index is 1.35. The van der Waals surface area contributed by atoms with Gasteiger partial charge in [0.2, 0.25) is 11.8 Å². The van der Waals surface area contributed by atoms with E-state index in [0.717, 1.165) is 10.6 Å². The van der Waals surface area contributed by atoms with Crippen molar-refractivity contribution in [1.82, 2.24) is 4.90 Å². The number of fused-ring (bicyclic) bond motifs is 1. The number of halogens is 1. The number of nitrogens with zero attached hydrogens (tertiary/aromatic N) is 2. The zero-order chi connectivity index (χ0) is 18.8. The molecule has 0 saturated carbocycles. The number of anilines is 2. The van der Waals surface area contributed by atoms with Crippen LogP contribution in [0.25, 0.3) is 0 Å². The minimum atomic E-state index is -0.419. The van der Waals surface area contributed by atoms with Gasteiger partial charge in [0.1, 0.15) is 5.82 Å². The van der Waals surface area contributed by atoms with E-state index in [1.54, 1.807) is 17.0 Å². The maximum atomic E-state index is 13.9. The average molecular weight is 385 g/mol. The molecule has 2 heterocycles. The minimum absolute atomic E-state index is 0.0322. The molecule has 0 aromatic heterocycles. The quantitative estimate of drug-likeness (QED) is 0.883. The Kier molecular flexibility index (Phi) is 5.03. The Morgan fingerprint density at radius 1 is 1.07 bits per heavy atom. The number of para-hydroxylation sites is 2. The van der Waals surface area contributed by atoms with Crippen LogP contribution in [0.3, 0.4) is 0 Å². The molecule has 7 heteroatoms. The molecule has 0 spiro atoms. The van der Waals surface area contributed by atoms with Gasteiger partial charge < -0.3 is 15.1 Å². The van der Waals surface area contributed by atoms with Gasteiger partial charge in [-0.3, -0.25) is 9.59 Å². The number of hydrogen-bond acceptors (Lipinski definition) is 4. The molecule has 1 saturated heterocycles. The molecule has 2 amide bonds. The van der Waals surface area contributed by atoms with Crippen molar-refractivity contribution in [3.63, 3.8) is 0 Å². The molecular weight excluding hydrogens is 365 g/mol. The number of amides is 2. The average Bonchev–Trinajstić information content (AvgIpc) is 2.69. The van der Waals surface area contributed by atoms with Crippen LogP contribution >= 0.6 is 11.8 Å². The molecule has 27 heavy (non-hydrogen) atoms. The third kappa shape index (κ3) is 3.78. The Morgan fingerprint density at radius 3 is 2.56 bits per heavy atom. The van der Waals surface area contributed by atoms with Gasteiger partial charge in [0, 0.05) is 37.5 Å². The molecular formula is C20H20FN3O2S. The fraction of sp³-hybridized carbons (Fsp3) is 0.300. The van der Waals surface area contributed by atoms with E-state index in [2.05, 4.69) is 5.32 Å². The van der Waals surface area contributed by atoms with E-state index in [1.807, 2.05) is 35.2 Å². The first-order valence-electron chi connectivity index (χ1n) is 8.95. The Morgan fingerprint density at radius 2 is 1.78 bits per heavy atom. The van der Waals surface area contributed by atoms with Gasteiger partial charge in [0.15, 0.2) is 0 Å². The first-order chi connectivity index (χ1) is 13.1. The lowest BCUT2D eigenvalue weighted by Crippen LogP contribution is -2.50. The van der Waals surface area contributed by atoms with Gasteiger partial charge in [0.25, 0.3) is 0 Å². The summed E-state index contributed by atoms with van der Waals surface area (Å²) in [6.45, 7) is 2.23. The molecule has 4 rings (SSSR count). The fourth-order valence-corrected chi connectivity index (χ4v) is 4.52. The molecule has 2 aliphatic rings. The second-order valence-corrected chi connectivity index (χ2v) is 7.86. The smallest absolute Gasteiger partial charge is 0.238 e. The highest BCUT2D eigenvalue weighted by atomic mass is 32.2. The normalized spacial score (nSPS) is 19.4. The summed E-state index contributed by atoms with van der Waals surface area (Å²) in [5.74, 6) is -0.404. The molecule has 1 atom stereocenters. The molecule has 140 valence electrons. The van der Waals surface area contributed by atoms with Gasteiger partial charge in [-0.05, 0) is 24.3 Å². The highest BCUT2D eigenvalue weighted by molar-refractivity contribution is 8.01. The highest BCUT2D eigenvalue weighted by Gasteiger charge is 2.31. The molecule has 1 fully saturated rings. The molecule has 0 aliphatic carbocycles. The number of benzene rings is 2. The molecule has 2 aliphatic heterocycles. The zero-order valence-corrected chi connectivity index (χ0v) is 15.5. The van der Waals surface area contributed by atoms with Crippen molar-refractivity contribution < 1.29 is 14.0 Å². The second kappa shape index (κ2) is 7.60. The number of piperazine rings is 1. The van der Waals surface area contributed by atoms with Crippen molar-refractivity contribution >= 4 is 35.0 Å². The summed E-state index contributed by atoms with van der Waals surface area (Å²) in [7, 11) is 0. The Labute approximate surface area is 161 Å². The van der Waals surface area contributed by atoms with Crippen molar-refractivity contribution in [3.8, 4) is 0 Å². The first-order valence-corrected chi connectivity index (χ1v) is 9.83. The predicted octanol–water partition coefficient (Wildman–Crippen LogP) is 2.98. The molecule has 1 N–H and O–H groups in total. The van der Waals surface area contributed by atoms with Gasteiger partial charge >= 0.3 is 0 Å². The molecule has 0 radical (unpaired) electrons. The van der Waals surface area contributed by atoms with Crippen molar-refractivity contribution in [1.29, 1.82) is 0 Å². The van der Waals surface area contributed by atoms with Gasteiger partial charge in [-0.25, -0.2) is 4.39 Å². The van der Waals surface area contributed by atoms with Gasteiger partial charge in [0.05, 0.1) is 16.6 Å². The standard InChI is InChI=1S/C20H20FN3O2S/c21-14-5-1-3-7-16(14)23-9-11-24(12-10-23)19(25)13-18-20(26)22-15-6-2-4-8-17(15)27-18/h1-8,18H,9-13H2,(H,22,26)/t18-/m0/s1. The largest absolute Gasteiger partial charge is 0.366 e. The number of carbonyl (C=O) groups is 2. The van der Waals surface area contributed by atoms with Gasteiger partial charge in [-0.2, -0.15) is 0 Å². The zero-order valence-electron chi connectivity index (χ0n) is 14.7. The predicted molar refractivity (Wildman–Crippen MR) is 105 cm³/mol. The lowest BCUT2D eigenvalue weighted by Gasteiger charge is -2.37. The summed E-state index contributed by atoms with van der Waals surface area (Å²) in [6.07, 6.45) is 0.171. The third-order valence-corrected chi connectivity index (χ3v) is 6.17. The van der Waals surface area contributed by atoms with Crippen LogP contribution < -0.4 is 10.2 Å². The van der Waals surface area contributed by atoms with Crippen molar-refractivity contribution in [2.45, 2.75) is 16.6 Å². The highest BCUT2D eigenvalue weighted by Crippen LogP contribution is 2.36. The van der Waals surface area contributed by atoms with Crippen LogP contribution in [-0.4, -0.2) is 48.1 Å². The monoisotopic (exact) mass is 385 g/mol. The van der Waals surface area contributed by atoms with Crippen molar-refractivity contribution in [2.24, 2.45) is 0 Å². The van der Waals surface area contributed by atoms with Crippen LogP contribution in [0.4, 0.5) is 15.8 Å². The Hall–Kier alpha value is -2.54. The molecule has 2 aromatic rings. The molecule has 0 unspecified atom stereocenters. The number of thioether (sulfide) groups is 1. The van der Waals surface area contributed by atoms with E-state index in [0.29, 0.717) is 31.9 Å². The first kappa shape index (κ1) is 17.9. The van der Waals surface area contributed by atoms with Crippen LogP contribution in [0.1, 0.15) is 6.42 Å². The third-order valence-electron chi connectivity index (χ3n) is 4.89. The summed E-state index contributed by atoms with van der Waals surface area (Å²) in [6, 6.07) is 14.3. The lowest BCUT2D eigenvalue weighted by atomic mass is 10.2. The van der Waals surface area contributed by atoms with Crippen molar-refractivity contribution in [2.75, 3.05) is 36.4 Å². The number of carbonyl (C=O) groups excluding carboxylic acids is 2. The van der Waals surface area contributed by atoms with E-state index >= 15 is 0 Å². The van der Waals surface area contributed by atoms with E-state index in [4.69, 9.17) is 0 Å². The van der Waals surface area contributed by atoms with Crippen LogP contribution in [0, 0.1) is 5.82 Å². The van der Waals surface area contributed by atoms with Crippen LogP contribution in [0.5, 0.6) is 0 Å². The summed E-state index contributed by atoms with van der Waals surface area (Å²) in [5.41, 5.74) is 1.37. The fourth-order valence-electron chi connectivity index (χ4n) is 3.42. The van der Waals surface area contributed by atoms with Crippen LogP contribution in [-0.2, 0) is 9.59 Å². The SMILES string of the molecule is O=C1Nc2ccccc2S[C@H]1CC(=O)N1CCN(c2ccccc2F)CC1. The maximum absolute atomic E-state index is 13.9. The van der Waals surface area contributed by atoms with Gasteiger partial charge in [-0.1, -0.05) is 24.3 Å². The number of nitrogens with one attached hydrogen (secondary N) is 1. The maximum Gasteiger partial charge on any atom is 0.238 e. The molecule has 5 nitrogen and oxygen atoms in total. The molecule has 2 aromatic carbocycles. The molecule has 0 bridgehead atoms. The number of hydrogen-bond donors (Lipinski definition) is 1. The van der Waals surface area contributed by atoms with Gasteiger partial charge in [-0.15, -0.1) is 11.8 Å². The van der Waals surface area contributed by atoms with Crippen LogP contribution in [0.2, 0.25) is 0 Å². The number of rotatable bonds is 3. The topological polar surface area (TPSA) is 52.7 Å².